The quantitative estimate of drug-likeness (QED) is 0.503. The molecule has 0 aromatic heterocycles. The minimum atomic E-state index is -4.36. The number of likely N-dealkylation sites (tertiary alicyclic amines) is 1. The summed E-state index contributed by atoms with van der Waals surface area (Å²) in [6.07, 6.45) is -0.304. The smallest absolute Gasteiger partial charge is 0.275 e. The topological polar surface area (TPSA) is 121 Å². The summed E-state index contributed by atoms with van der Waals surface area (Å²) in [6, 6.07) is 0. The monoisotopic (exact) mass is 505 g/mol. The number of hydrogen-bond acceptors (Lipinski definition) is 10. The first-order valence-corrected chi connectivity index (χ1v) is 13.2. The number of rotatable bonds is 5. The predicted molar refractivity (Wildman–Crippen MR) is 116 cm³/mol. The van der Waals surface area contributed by atoms with Crippen LogP contribution in [0.5, 0.6) is 0 Å². The van der Waals surface area contributed by atoms with E-state index in [4.69, 9.17) is 32.6 Å². The van der Waals surface area contributed by atoms with Crippen LogP contribution in [-0.4, -0.2) is 95.5 Å². The number of fused-ring (bicyclic) bond motifs is 3. The highest BCUT2D eigenvalue weighted by molar-refractivity contribution is 7.89. The Hall–Kier alpha value is -1.03. The van der Waals surface area contributed by atoms with Gasteiger partial charge in [-0.15, -0.1) is 0 Å². The van der Waals surface area contributed by atoms with E-state index in [-0.39, 0.29) is 12.4 Å². The maximum Gasteiger partial charge on any atom is 0.275 e. The number of nitrogens with one attached hydrogen (secondary N) is 1. The molecule has 12 nitrogen and oxygen atoms in total. The van der Waals surface area contributed by atoms with Crippen molar-refractivity contribution in [3.8, 4) is 0 Å². The lowest BCUT2D eigenvalue weighted by atomic mass is 9.94. The highest BCUT2D eigenvalue weighted by Crippen LogP contribution is 2.52. The molecule has 5 fully saturated rings. The van der Waals surface area contributed by atoms with Gasteiger partial charge in [-0.25, -0.2) is 8.42 Å². The largest absolute Gasteiger partial charge is 0.389 e. The van der Waals surface area contributed by atoms with Crippen LogP contribution >= 0.6 is 0 Å². The van der Waals surface area contributed by atoms with E-state index in [0.29, 0.717) is 43.4 Å². The molecule has 5 rings (SSSR count). The lowest BCUT2D eigenvalue weighted by Crippen LogP contribution is -3.10. The summed E-state index contributed by atoms with van der Waals surface area (Å²) in [4.78, 5) is 5.92. The van der Waals surface area contributed by atoms with Gasteiger partial charge in [-0.05, 0) is 40.5 Å². The van der Waals surface area contributed by atoms with Gasteiger partial charge in [-0.3, -0.25) is 0 Å². The maximum absolute atomic E-state index is 13.2. The number of morpholine rings is 1. The van der Waals surface area contributed by atoms with E-state index in [1.54, 1.807) is 13.8 Å². The molecule has 0 saturated carbocycles. The average Bonchev–Trinajstić information content (AvgIpc) is 3.38. The molecule has 5 aliphatic heterocycles. The lowest BCUT2D eigenvalue weighted by Gasteiger charge is -2.43. The number of nitrogens with zero attached hydrogens (tertiary/aromatic N) is 2. The summed E-state index contributed by atoms with van der Waals surface area (Å²) in [7, 11) is -2.47. The molecule has 5 aliphatic rings. The Morgan fingerprint density at radius 1 is 1.12 bits per heavy atom. The van der Waals surface area contributed by atoms with E-state index in [9.17, 15) is 8.42 Å². The highest BCUT2D eigenvalue weighted by atomic mass is 32.2. The molecule has 194 valence electrons. The van der Waals surface area contributed by atoms with Gasteiger partial charge in [0.05, 0.1) is 38.6 Å². The molecule has 34 heavy (non-hydrogen) atoms. The van der Waals surface area contributed by atoms with E-state index in [1.807, 2.05) is 25.8 Å². The molecule has 13 heteroatoms. The first-order chi connectivity index (χ1) is 15.9. The van der Waals surface area contributed by atoms with Gasteiger partial charge in [-0.2, -0.15) is 0 Å². The standard InChI is InChI=1S/C21H35N3O9S/c1-19(2)29-15-13-28-21(18(16(15)30-19)31-20(3,4)33-21)17(14-7-6-8-23(14)5)32-34(25,26)22-24-9-11-27-12-10-24/h15-16,18,24H,6-13H2,1-5H3/t15-,16-,18+,21?/m1/s1. The van der Waals surface area contributed by atoms with Gasteiger partial charge in [0.15, 0.2) is 23.4 Å². The van der Waals surface area contributed by atoms with Crippen molar-refractivity contribution in [1.29, 1.82) is 0 Å². The Morgan fingerprint density at radius 2 is 1.85 bits per heavy atom. The van der Waals surface area contributed by atoms with Crippen molar-refractivity contribution < 1.29 is 46.0 Å². The first-order valence-electron chi connectivity index (χ1n) is 11.8. The van der Waals surface area contributed by atoms with Crippen LogP contribution in [-0.2, 0) is 42.9 Å². The van der Waals surface area contributed by atoms with Crippen molar-refractivity contribution >= 4 is 10.3 Å². The Morgan fingerprint density at radius 3 is 2.53 bits per heavy atom. The van der Waals surface area contributed by atoms with Gasteiger partial charge in [0, 0.05) is 13.6 Å². The molecule has 0 radical (unpaired) electrons. The summed E-state index contributed by atoms with van der Waals surface area (Å²) in [5, 5.41) is 0.521. The fourth-order valence-electron chi connectivity index (χ4n) is 5.31. The molecule has 0 aliphatic carbocycles. The first kappa shape index (κ1) is 24.7. The van der Waals surface area contributed by atoms with Crippen LogP contribution in [0.2, 0.25) is 0 Å². The molecule has 1 N–H and O–H groups in total. The fourth-order valence-corrected chi connectivity index (χ4v) is 6.26. The maximum atomic E-state index is 13.2. The Kier molecular flexibility index (Phi) is 6.18. The molecule has 0 bridgehead atoms. The van der Waals surface area contributed by atoms with Gasteiger partial charge in [0.25, 0.3) is 16.1 Å². The molecule has 0 amide bonds. The minimum absolute atomic E-state index is 0.0474. The van der Waals surface area contributed by atoms with Crippen LogP contribution in [0.15, 0.2) is 11.5 Å². The van der Waals surface area contributed by atoms with E-state index < -0.39 is 46.0 Å². The van der Waals surface area contributed by atoms with Crippen LogP contribution in [0.25, 0.3) is 4.83 Å². The third-order valence-corrected chi connectivity index (χ3v) is 7.47. The van der Waals surface area contributed by atoms with Crippen LogP contribution in [0, 0.1) is 0 Å². The van der Waals surface area contributed by atoms with Crippen LogP contribution in [0.3, 0.4) is 0 Å². The van der Waals surface area contributed by atoms with Gasteiger partial charge in [0.1, 0.15) is 12.2 Å². The van der Waals surface area contributed by atoms with Crippen molar-refractivity contribution in [3.63, 3.8) is 0 Å². The number of allylic oxidation sites excluding steroid dienone is 1. The van der Waals surface area contributed by atoms with Gasteiger partial charge < -0.3 is 47.3 Å². The fraction of sp³-hybridized carbons (Fsp3) is 0.905. The van der Waals surface area contributed by atoms with Gasteiger partial charge in [0.2, 0.25) is 0 Å². The molecule has 0 aromatic carbocycles. The molecule has 1 unspecified atom stereocenters. The molecule has 4 atom stereocenters. The third kappa shape index (κ3) is 4.58. The highest BCUT2D eigenvalue weighted by Gasteiger charge is 2.69. The van der Waals surface area contributed by atoms with Crippen molar-refractivity contribution in [2.75, 3.05) is 46.5 Å². The average molecular weight is 506 g/mol. The zero-order chi connectivity index (χ0) is 24.4. The number of ether oxygens (including phenoxy) is 6. The molecule has 0 spiro atoms. The molecule has 5 heterocycles. The lowest BCUT2D eigenvalue weighted by molar-refractivity contribution is -0.863. The summed E-state index contributed by atoms with van der Waals surface area (Å²) in [5.74, 6) is -3.51. The molecular weight excluding hydrogens is 470 g/mol. The summed E-state index contributed by atoms with van der Waals surface area (Å²) in [5.41, 5.74) is 0.679. The van der Waals surface area contributed by atoms with Crippen LogP contribution in [0.4, 0.5) is 0 Å². The summed E-state index contributed by atoms with van der Waals surface area (Å²) in [6.45, 7) is 9.77. The van der Waals surface area contributed by atoms with E-state index in [1.165, 1.54) is 0 Å². The third-order valence-electron chi connectivity index (χ3n) is 6.61. The van der Waals surface area contributed by atoms with E-state index in [2.05, 4.69) is 4.83 Å². The van der Waals surface area contributed by atoms with Crippen molar-refractivity contribution in [2.45, 2.75) is 76.2 Å². The van der Waals surface area contributed by atoms with Crippen molar-refractivity contribution in [3.05, 3.63) is 16.3 Å². The summed E-state index contributed by atoms with van der Waals surface area (Å²) < 4.78 is 68.6. The van der Waals surface area contributed by atoms with Crippen molar-refractivity contribution in [2.24, 2.45) is 0 Å². The molecule has 5 saturated heterocycles. The second-order valence-corrected chi connectivity index (χ2v) is 11.4. The van der Waals surface area contributed by atoms with E-state index in [0.717, 1.165) is 13.0 Å². The van der Waals surface area contributed by atoms with Crippen LogP contribution in [0.1, 0.15) is 40.5 Å². The van der Waals surface area contributed by atoms with Crippen LogP contribution < -0.4 is 5.01 Å². The van der Waals surface area contributed by atoms with E-state index >= 15 is 0 Å². The molecule has 0 aromatic rings. The second-order valence-electron chi connectivity index (χ2n) is 10.2. The van der Waals surface area contributed by atoms with Gasteiger partial charge >= 0.3 is 0 Å². The predicted octanol–water partition coefficient (Wildman–Crippen LogP) is -0.213. The zero-order valence-corrected chi connectivity index (χ0v) is 21.2. The van der Waals surface area contributed by atoms with Crippen molar-refractivity contribution in [1.82, 2.24) is 4.90 Å². The molecular formula is C21H35N3O9S. The minimum Gasteiger partial charge on any atom is -0.389 e. The zero-order valence-electron chi connectivity index (χ0n) is 20.4. The normalized spacial score (nSPS) is 39.1. The Balaban J connectivity index is 1.53. The number of hydrogen-bond donors (Lipinski definition) is 1. The van der Waals surface area contributed by atoms with Gasteiger partial charge in [-0.1, -0.05) is 0 Å². The summed E-state index contributed by atoms with van der Waals surface area (Å²) >= 11 is 0. The Labute approximate surface area is 200 Å². The SMILES string of the molecule is CN1CCCC1=C(OS(=O)(=O)[N-][NH+]1CCOCC1)C12OC[C@H]3OC(C)(C)O[C@H]3[C@@H]1OC(C)(C)O2. The second kappa shape index (κ2) is 8.53. The Bertz CT molecular complexity index is 934. The number of quaternary nitrogens is 1.